The molecule has 2 amide bonds. The van der Waals surface area contributed by atoms with Crippen molar-refractivity contribution in [2.45, 2.75) is 12.7 Å². The molecule has 1 aliphatic rings. The Morgan fingerprint density at radius 2 is 1.90 bits per heavy atom. The van der Waals surface area contributed by atoms with Crippen molar-refractivity contribution in [3.63, 3.8) is 0 Å². The number of rotatable bonds is 8. The van der Waals surface area contributed by atoms with E-state index in [-0.39, 0.29) is 40.8 Å². The number of hydrogen-bond acceptors (Lipinski definition) is 8. The molecule has 15 heteroatoms. The number of alkyl halides is 3. The van der Waals surface area contributed by atoms with Gasteiger partial charge in [-0.25, -0.2) is 4.98 Å². The summed E-state index contributed by atoms with van der Waals surface area (Å²) in [5, 5.41) is 18.1. The zero-order valence-electron chi connectivity index (χ0n) is 20.8. The van der Waals surface area contributed by atoms with E-state index >= 15 is 0 Å². The number of nitrogens with one attached hydrogen (secondary N) is 1. The zero-order valence-corrected chi connectivity index (χ0v) is 22.3. The summed E-state index contributed by atoms with van der Waals surface area (Å²) in [5.41, 5.74) is 0.223. The van der Waals surface area contributed by atoms with Gasteiger partial charge < -0.3 is 5.32 Å². The highest BCUT2D eigenvalue weighted by molar-refractivity contribution is 8.18. The molecule has 1 aliphatic heterocycles. The second-order valence-corrected chi connectivity index (χ2v) is 10.3. The minimum absolute atomic E-state index is 0.0155. The monoisotopic (exact) mass is 602 g/mol. The summed E-state index contributed by atoms with van der Waals surface area (Å²) in [6.45, 7) is 0.110. The minimum Gasteiger partial charge on any atom is -0.368 e. The van der Waals surface area contributed by atoms with Crippen LogP contribution in [0, 0.1) is 10.1 Å². The van der Waals surface area contributed by atoms with Crippen LogP contribution in [-0.4, -0.2) is 48.8 Å². The lowest BCUT2D eigenvalue weighted by Gasteiger charge is -2.14. The lowest BCUT2D eigenvalue weighted by atomic mass is 10.1. The Labute approximate surface area is 238 Å². The summed E-state index contributed by atoms with van der Waals surface area (Å²) in [6, 6.07) is 11.4. The minimum atomic E-state index is -4.57. The molecule has 0 radical (unpaired) electrons. The number of halogens is 4. The van der Waals surface area contributed by atoms with Gasteiger partial charge in [-0.15, -0.1) is 0 Å². The van der Waals surface area contributed by atoms with Gasteiger partial charge in [0.25, 0.3) is 16.8 Å². The number of benzene rings is 2. The molecule has 1 saturated heterocycles. The largest absolute Gasteiger partial charge is 0.416 e. The van der Waals surface area contributed by atoms with Crippen molar-refractivity contribution < 1.29 is 27.7 Å². The van der Waals surface area contributed by atoms with Crippen LogP contribution in [0.1, 0.15) is 16.7 Å². The standard InChI is InChI=1S/C26H18ClF3N6O4S/c27-18-3-2-16(20(11-18)26(28,29)30)14-35-21-5-1-15(9-17(21)12-33-35)10-22-24(37)34(25(38)41-22)8-7-31-23-6-4-19(13-32-23)36(39)40/h1-6,9-13H,7-8,14H2,(H,31,32)/b22-10-. The van der Waals surface area contributed by atoms with Crippen LogP contribution >= 0.6 is 23.4 Å². The number of nitro groups is 1. The van der Waals surface area contributed by atoms with Gasteiger partial charge in [-0.2, -0.15) is 18.3 Å². The van der Waals surface area contributed by atoms with E-state index in [1.807, 2.05) is 0 Å². The SMILES string of the molecule is O=C1S/C(=C\c2ccc3c(cnn3Cc3ccc(Cl)cc3C(F)(F)F)c2)C(=O)N1CCNc1ccc([N+](=O)[O-])cn1. The zero-order chi connectivity index (χ0) is 29.3. The van der Waals surface area contributed by atoms with Gasteiger partial charge in [0.15, 0.2) is 0 Å². The molecule has 0 bridgehead atoms. The van der Waals surface area contributed by atoms with Gasteiger partial charge in [0.1, 0.15) is 12.0 Å². The van der Waals surface area contributed by atoms with E-state index in [1.165, 1.54) is 35.1 Å². The van der Waals surface area contributed by atoms with Crippen molar-refractivity contribution in [3.8, 4) is 0 Å². The number of thioether (sulfide) groups is 1. The van der Waals surface area contributed by atoms with E-state index in [2.05, 4.69) is 15.4 Å². The Morgan fingerprint density at radius 1 is 1.10 bits per heavy atom. The molecule has 0 unspecified atom stereocenters. The van der Waals surface area contributed by atoms with E-state index in [4.69, 9.17) is 11.6 Å². The van der Waals surface area contributed by atoms with Crippen molar-refractivity contribution >= 4 is 63.0 Å². The summed E-state index contributed by atoms with van der Waals surface area (Å²) in [7, 11) is 0. The molecule has 41 heavy (non-hydrogen) atoms. The molecular formula is C26H18ClF3N6O4S. The number of anilines is 1. The first-order valence-electron chi connectivity index (χ1n) is 11.9. The number of nitrogens with zero attached hydrogens (tertiary/aromatic N) is 5. The second kappa shape index (κ2) is 11.2. The maximum atomic E-state index is 13.5. The first-order valence-corrected chi connectivity index (χ1v) is 13.1. The molecule has 10 nitrogen and oxygen atoms in total. The molecule has 5 rings (SSSR count). The number of imide groups is 1. The number of fused-ring (bicyclic) bond motifs is 1. The Balaban J connectivity index is 1.27. The third-order valence-electron chi connectivity index (χ3n) is 6.13. The van der Waals surface area contributed by atoms with Gasteiger partial charge in [-0.05, 0) is 59.3 Å². The highest BCUT2D eigenvalue weighted by Crippen LogP contribution is 2.35. The first-order chi connectivity index (χ1) is 19.5. The normalized spacial score (nSPS) is 14.8. The van der Waals surface area contributed by atoms with Crippen LogP contribution in [0.15, 0.2) is 65.8 Å². The Morgan fingerprint density at radius 3 is 2.61 bits per heavy atom. The summed E-state index contributed by atoms with van der Waals surface area (Å²) in [6.07, 6.45) is -0.395. The third-order valence-corrected chi connectivity index (χ3v) is 7.28. The topological polar surface area (TPSA) is 123 Å². The van der Waals surface area contributed by atoms with E-state index in [1.54, 1.807) is 24.3 Å². The lowest BCUT2D eigenvalue weighted by Crippen LogP contribution is -2.32. The number of carbonyl (C=O) groups is 2. The van der Waals surface area contributed by atoms with Crippen LogP contribution in [-0.2, 0) is 17.5 Å². The molecule has 0 atom stereocenters. The highest BCUT2D eigenvalue weighted by Gasteiger charge is 2.35. The molecule has 2 aromatic heterocycles. The van der Waals surface area contributed by atoms with Gasteiger partial charge in [0.05, 0.1) is 33.7 Å². The molecule has 0 saturated carbocycles. The third kappa shape index (κ3) is 6.18. The fourth-order valence-corrected chi connectivity index (χ4v) is 5.21. The van der Waals surface area contributed by atoms with Crippen LogP contribution < -0.4 is 5.32 Å². The summed E-state index contributed by atoms with van der Waals surface area (Å²) in [4.78, 5) is 40.7. The fraction of sp³-hybridized carbons (Fsp3) is 0.154. The number of amides is 2. The van der Waals surface area contributed by atoms with E-state index in [9.17, 15) is 32.9 Å². The van der Waals surface area contributed by atoms with Crippen LogP contribution in [0.2, 0.25) is 5.02 Å². The van der Waals surface area contributed by atoms with Crippen LogP contribution in [0.4, 0.5) is 29.5 Å². The average Bonchev–Trinajstić information content (AvgIpc) is 3.44. The molecule has 0 aliphatic carbocycles. The lowest BCUT2D eigenvalue weighted by molar-refractivity contribution is -0.385. The Kier molecular flexibility index (Phi) is 7.69. The van der Waals surface area contributed by atoms with E-state index < -0.39 is 27.8 Å². The smallest absolute Gasteiger partial charge is 0.368 e. The molecule has 2 aromatic carbocycles. The van der Waals surface area contributed by atoms with Crippen molar-refractivity contribution in [2.75, 3.05) is 18.4 Å². The van der Waals surface area contributed by atoms with Crippen molar-refractivity contribution in [2.24, 2.45) is 0 Å². The fourth-order valence-electron chi connectivity index (χ4n) is 4.17. The van der Waals surface area contributed by atoms with Gasteiger partial charge in [-0.1, -0.05) is 23.7 Å². The Bertz CT molecular complexity index is 1710. The molecule has 3 heterocycles. The quantitative estimate of drug-likeness (QED) is 0.143. The molecule has 4 aromatic rings. The molecule has 1 fully saturated rings. The average molecular weight is 603 g/mol. The van der Waals surface area contributed by atoms with Crippen LogP contribution in [0.5, 0.6) is 0 Å². The van der Waals surface area contributed by atoms with Gasteiger partial charge in [0, 0.05) is 29.6 Å². The molecule has 0 spiro atoms. The van der Waals surface area contributed by atoms with Crippen molar-refractivity contribution in [1.82, 2.24) is 19.7 Å². The second-order valence-electron chi connectivity index (χ2n) is 8.84. The van der Waals surface area contributed by atoms with Crippen LogP contribution in [0.3, 0.4) is 0 Å². The predicted molar refractivity (Wildman–Crippen MR) is 147 cm³/mol. The summed E-state index contributed by atoms with van der Waals surface area (Å²) in [5.74, 6) is -0.116. The molecule has 1 N–H and O–H groups in total. The number of hydrogen-bond donors (Lipinski definition) is 1. The van der Waals surface area contributed by atoms with E-state index in [0.717, 1.165) is 28.9 Å². The summed E-state index contributed by atoms with van der Waals surface area (Å²) >= 11 is 6.56. The van der Waals surface area contributed by atoms with Gasteiger partial charge in [-0.3, -0.25) is 29.3 Å². The van der Waals surface area contributed by atoms with Gasteiger partial charge in [0.2, 0.25) is 0 Å². The maximum Gasteiger partial charge on any atom is 0.416 e. The Hall–Kier alpha value is -4.43. The van der Waals surface area contributed by atoms with Gasteiger partial charge >= 0.3 is 6.18 Å². The van der Waals surface area contributed by atoms with Crippen LogP contribution in [0.25, 0.3) is 17.0 Å². The number of aromatic nitrogens is 3. The molecular weight excluding hydrogens is 585 g/mol. The van der Waals surface area contributed by atoms with E-state index in [0.29, 0.717) is 22.3 Å². The molecule has 210 valence electrons. The maximum absolute atomic E-state index is 13.5. The number of pyridine rings is 1. The van der Waals surface area contributed by atoms with Crippen molar-refractivity contribution in [1.29, 1.82) is 0 Å². The number of carbonyl (C=O) groups excluding carboxylic acids is 2. The first kappa shape index (κ1) is 28.1. The summed E-state index contributed by atoms with van der Waals surface area (Å²) < 4.78 is 42.0. The van der Waals surface area contributed by atoms with Crippen molar-refractivity contribution in [3.05, 3.63) is 97.7 Å². The predicted octanol–water partition coefficient (Wildman–Crippen LogP) is 6.21. The highest BCUT2D eigenvalue weighted by atomic mass is 35.5.